The van der Waals surface area contributed by atoms with E-state index < -0.39 is 0 Å². The maximum Gasteiger partial charge on any atom is 0.289 e. The molecule has 0 bridgehead atoms. The van der Waals surface area contributed by atoms with Gasteiger partial charge in [-0.1, -0.05) is 0 Å². The van der Waals surface area contributed by atoms with E-state index in [1.807, 2.05) is 4.90 Å². The largest absolute Gasteiger partial charge is 0.459 e. The Hall–Kier alpha value is -1.37. The Labute approximate surface area is 142 Å². The summed E-state index contributed by atoms with van der Waals surface area (Å²) in [5.41, 5.74) is -0.358. The van der Waals surface area contributed by atoms with Gasteiger partial charge in [0.15, 0.2) is 5.76 Å². The Bertz CT molecular complexity index is 555. The molecule has 24 heavy (non-hydrogen) atoms. The van der Waals surface area contributed by atoms with Gasteiger partial charge >= 0.3 is 0 Å². The lowest BCUT2D eigenvalue weighted by atomic mass is 9.94. The molecule has 1 aromatic rings. The highest BCUT2D eigenvalue weighted by Gasteiger charge is 2.44. The highest BCUT2D eigenvalue weighted by atomic mass is 16.5. The van der Waals surface area contributed by atoms with E-state index in [0.29, 0.717) is 38.0 Å². The van der Waals surface area contributed by atoms with Crippen LogP contribution in [0.2, 0.25) is 0 Å². The number of ether oxygens (including phenoxy) is 2. The van der Waals surface area contributed by atoms with Crippen LogP contribution in [0, 0.1) is 5.92 Å². The normalized spacial score (nSPS) is 31.7. The van der Waals surface area contributed by atoms with Crippen LogP contribution in [0.3, 0.4) is 0 Å². The predicted octanol–water partition coefficient (Wildman–Crippen LogP) is 1.62. The lowest BCUT2D eigenvalue weighted by molar-refractivity contribution is -0.0540. The summed E-state index contributed by atoms with van der Waals surface area (Å²) in [4.78, 5) is 17.0. The van der Waals surface area contributed by atoms with Gasteiger partial charge in [-0.3, -0.25) is 4.79 Å². The molecule has 0 aliphatic carbocycles. The summed E-state index contributed by atoms with van der Waals surface area (Å²) in [5, 5.41) is 0. The fourth-order valence-corrected chi connectivity index (χ4v) is 4.23. The standard InChI is InChI=1S/C18H26N2O4/c21-17(16-4-3-8-23-16)20-7-9-22-14-18(13-20)10-15(12-24-18)11-19-5-1-2-6-19/h3-4,8,15H,1-2,5-7,9-14H2/t15-,18+/m0/s1. The number of nitrogens with zero attached hydrogens (tertiary/aromatic N) is 2. The van der Waals surface area contributed by atoms with Crippen LogP contribution in [0.25, 0.3) is 0 Å². The molecule has 3 saturated heterocycles. The average molecular weight is 334 g/mol. The Morgan fingerprint density at radius 3 is 2.96 bits per heavy atom. The van der Waals surface area contributed by atoms with Crippen molar-refractivity contribution in [3.8, 4) is 0 Å². The van der Waals surface area contributed by atoms with Crippen molar-refractivity contribution in [2.75, 3.05) is 52.5 Å². The van der Waals surface area contributed by atoms with E-state index >= 15 is 0 Å². The minimum absolute atomic E-state index is 0.0727. The molecule has 0 unspecified atom stereocenters. The van der Waals surface area contributed by atoms with E-state index in [1.54, 1.807) is 12.1 Å². The first-order valence-electron chi connectivity index (χ1n) is 9.01. The average Bonchev–Trinajstić information content (AvgIpc) is 3.30. The SMILES string of the molecule is O=C(c1ccco1)N1CCOC[C@@]2(C[C@@H](CN3CCCC3)CO2)C1. The van der Waals surface area contributed by atoms with E-state index in [9.17, 15) is 4.79 Å². The van der Waals surface area contributed by atoms with E-state index in [2.05, 4.69) is 4.90 Å². The molecule has 3 aliphatic rings. The van der Waals surface area contributed by atoms with Gasteiger partial charge in [-0.2, -0.15) is 0 Å². The van der Waals surface area contributed by atoms with Gasteiger partial charge in [0, 0.05) is 13.1 Å². The summed E-state index contributed by atoms with van der Waals surface area (Å²) >= 11 is 0. The monoisotopic (exact) mass is 334 g/mol. The molecule has 2 atom stereocenters. The van der Waals surface area contributed by atoms with Gasteiger partial charge in [-0.15, -0.1) is 0 Å². The summed E-state index contributed by atoms with van der Waals surface area (Å²) < 4.78 is 17.3. The molecule has 6 nitrogen and oxygen atoms in total. The summed E-state index contributed by atoms with van der Waals surface area (Å²) in [5.74, 6) is 0.848. The van der Waals surface area contributed by atoms with Crippen LogP contribution in [-0.4, -0.2) is 73.9 Å². The van der Waals surface area contributed by atoms with E-state index in [4.69, 9.17) is 13.9 Å². The van der Waals surface area contributed by atoms with Gasteiger partial charge in [-0.05, 0) is 50.4 Å². The fraction of sp³-hybridized carbons (Fsp3) is 0.722. The zero-order valence-electron chi connectivity index (χ0n) is 14.1. The van der Waals surface area contributed by atoms with Crippen LogP contribution in [0.15, 0.2) is 22.8 Å². The summed E-state index contributed by atoms with van der Waals surface area (Å²) in [7, 11) is 0. The van der Waals surface area contributed by atoms with Gasteiger partial charge in [0.2, 0.25) is 0 Å². The zero-order valence-corrected chi connectivity index (χ0v) is 14.1. The second-order valence-corrected chi connectivity index (χ2v) is 7.33. The molecule has 6 heteroatoms. The number of amides is 1. The summed E-state index contributed by atoms with van der Waals surface area (Å²) in [6, 6.07) is 3.46. The van der Waals surface area contributed by atoms with E-state index in [1.165, 1.54) is 32.2 Å². The third-order valence-corrected chi connectivity index (χ3v) is 5.37. The van der Waals surface area contributed by atoms with Crippen LogP contribution in [-0.2, 0) is 9.47 Å². The molecule has 0 saturated carbocycles. The van der Waals surface area contributed by atoms with Gasteiger partial charge < -0.3 is 23.7 Å². The Kier molecular flexibility index (Phi) is 4.61. The maximum atomic E-state index is 12.6. The number of carbonyl (C=O) groups excluding carboxylic acids is 1. The van der Waals surface area contributed by atoms with E-state index in [-0.39, 0.29) is 11.5 Å². The minimum atomic E-state index is -0.358. The topological polar surface area (TPSA) is 55.2 Å². The van der Waals surface area contributed by atoms with Crippen LogP contribution < -0.4 is 0 Å². The number of likely N-dealkylation sites (tertiary alicyclic amines) is 1. The Morgan fingerprint density at radius 2 is 2.17 bits per heavy atom. The maximum absolute atomic E-state index is 12.6. The molecule has 3 aliphatic heterocycles. The first-order valence-corrected chi connectivity index (χ1v) is 9.01. The van der Waals surface area contributed by atoms with Crippen LogP contribution >= 0.6 is 0 Å². The molecule has 1 amide bonds. The molecule has 0 aromatic carbocycles. The highest BCUT2D eigenvalue weighted by molar-refractivity contribution is 5.91. The number of rotatable bonds is 3. The van der Waals surface area contributed by atoms with Crippen molar-refractivity contribution in [1.82, 2.24) is 9.80 Å². The van der Waals surface area contributed by atoms with Gasteiger partial charge in [0.25, 0.3) is 5.91 Å². The molecular formula is C18H26N2O4. The first kappa shape index (κ1) is 16.1. The molecule has 1 spiro atoms. The second-order valence-electron chi connectivity index (χ2n) is 7.33. The number of furan rings is 1. The third kappa shape index (κ3) is 3.36. The molecule has 1 aromatic heterocycles. The molecule has 132 valence electrons. The van der Waals surface area contributed by atoms with Crippen molar-refractivity contribution < 1.29 is 18.7 Å². The molecule has 0 N–H and O–H groups in total. The zero-order chi connectivity index (χ0) is 16.4. The quantitative estimate of drug-likeness (QED) is 0.841. The van der Waals surface area contributed by atoms with Crippen LogP contribution in [0.4, 0.5) is 0 Å². The van der Waals surface area contributed by atoms with Crippen molar-refractivity contribution in [2.45, 2.75) is 24.9 Å². The number of hydrogen-bond donors (Lipinski definition) is 0. The van der Waals surface area contributed by atoms with Crippen molar-refractivity contribution in [3.63, 3.8) is 0 Å². The molecule has 4 heterocycles. The summed E-state index contributed by atoms with van der Waals surface area (Å²) in [6.45, 7) is 6.59. The number of hydrogen-bond acceptors (Lipinski definition) is 5. The molecule has 0 radical (unpaired) electrons. The van der Waals surface area contributed by atoms with Gasteiger partial charge in [0.1, 0.15) is 5.60 Å². The first-order chi connectivity index (χ1) is 11.7. The summed E-state index contributed by atoms with van der Waals surface area (Å²) in [6.07, 6.45) is 5.13. The molecule has 4 rings (SSSR count). The predicted molar refractivity (Wildman–Crippen MR) is 87.9 cm³/mol. The van der Waals surface area contributed by atoms with Crippen molar-refractivity contribution in [3.05, 3.63) is 24.2 Å². The molecular weight excluding hydrogens is 308 g/mol. The highest BCUT2D eigenvalue weighted by Crippen LogP contribution is 2.34. The lowest BCUT2D eigenvalue weighted by Gasteiger charge is -2.31. The van der Waals surface area contributed by atoms with Gasteiger partial charge in [0.05, 0.1) is 32.6 Å². The van der Waals surface area contributed by atoms with Crippen molar-refractivity contribution >= 4 is 5.91 Å². The van der Waals surface area contributed by atoms with E-state index in [0.717, 1.165) is 19.6 Å². The number of carbonyl (C=O) groups is 1. The molecule has 3 fully saturated rings. The van der Waals surface area contributed by atoms with Gasteiger partial charge in [-0.25, -0.2) is 0 Å². The minimum Gasteiger partial charge on any atom is -0.459 e. The third-order valence-electron chi connectivity index (χ3n) is 5.37. The lowest BCUT2D eigenvalue weighted by Crippen LogP contribution is -2.46. The fourth-order valence-electron chi connectivity index (χ4n) is 4.23. The smallest absolute Gasteiger partial charge is 0.289 e. The van der Waals surface area contributed by atoms with Crippen LogP contribution in [0.5, 0.6) is 0 Å². The second kappa shape index (κ2) is 6.86. The van der Waals surface area contributed by atoms with Crippen molar-refractivity contribution in [1.29, 1.82) is 0 Å². The van der Waals surface area contributed by atoms with Crippen LogP contribution in [0.1, 0.15) is 29.8 Å². The Morgan fingerprint density at radius 1 is 1.29 bits per heavy atom. The van der Waals surface area contributed by atoms with Crippen molar-refractivity contribution in [2.24, 2.45) is 5.92 Å². The Balaban J connectivity index is 1.41.